The van der Waals surface area contributed by atoms with E-state index < -0.39 is 0 Å². The van der Waals surface area contributed by atoms with Crippen LogP contribution < -0.4 is 11.1 Å². The van der Waals surface area contributed by atoms with Gasteiger partial charge in [-0.3, -0.25) is 4.79 Å². The fraction of sp³-hybridized carbons (Fsp3) is 0.391. The molecule has 0 aliphatic carbocycles. The van der Waals surface area contributed by atoms with E-state index in [2.05, 4.69) is 22.2 Å². The van der Waals surface area contributed by atoms with Crippen molar-refractivity contribution in [1.29, 1.82) is 0 Å². The minimum atomic E-state index is -0.0795. The van der Waals surface area contributed by atoms with Crippen molar-refractivity contribution in [1.82, 2.24) is 15.2 Å². The van der Waals surface area contributed by atoms with Crippen molar-refractivity contribution >= 4 is 47.5 Å². The number of nitrogens with zero attached hydrogens (tertiary/aromatic N) is 2. The normalized spacial score (nSPS) is 22.9. The molecule has 0 saturated carbocycles. The minimum absolute atomic E-state index is 0. The first-order valence-corrected chi connectivity index (χ1v) is 10.4. The van der Waals surface area contributed by atoms with Crippen LogP contribution in [0.15, 0.2) is 46.9 Å². The molecule has 2 aromatic carbocycles. The number of hydrogen-bond donors (Lipinski definition) is 2. The average molecular weight is 463 g/mol. The summed E-state index contributed by atoms with van der Waals surface area (Å²) in [6, 6.07) is 14.3. The molecule has 2 fully saturated rings. The summed E-state index contributed by atoms with van der Waals surface area (Å²) in [6.45, 7) is 0. The number of oxazole rings is 1. The summed E-state index contributed by atoms with van der Waals surface area (Å²) in [5, 5.41) is 3.26. The zero-order valence-corrected chi connectivity index (χ0v) is 19.0. The molecule has 2 atom stereocenters. The third kappa shape index (κ3) is 4.38. The van der Waals surface area contributed by atoms with Gasteiger partial charge in [-0.25, -0.2) is 4.98 Å². The van der Waals surface area contributed by atoms with Crippen molar-refractivity contribution in [2.75, 3.05) is 12.8 Å². The quantitative estimate of drug-likeness (QED) is 0.552. The van der Waals surface area contributed by atoms with Gasteiger partial charge in [-0.05, 0) is 57.0 Å². The number of piperidine rings is 2. The molecule has 5 rings (SSSR count). The topological polar surface area (TPSA) is 84.4 Å². The highest BCUT2D eigenvalue weighted by Crippen LogP contribution is 2.33. The first-order valence-electron chi connectivity index (χ1n) is 10.4. The van der Waals surface area contributed by atoms with Gasteiger partial charge in [0.05, 0.1) is 11.1 Å². The highest BCUT2D eigenvalue weighted by Gasteiger charge is 2.36. The summed E-state index contributed by atoms with van der Waals surface area (Å²) in [7, 11) is 2.22. The molecule has 1 amide bonds. The molecule has 31 heavy (non-hydrogen) atoms. The SMILES string of the molecule is CN1C2CCCC1CC(NC(=O)c1cccc3oc(-c4ccccc4N)nc13)C2.Cl.Cl. The summed E-state index contributed by atoms with van der Waals surface area (Å²) in [4.78, 5) is 20.2. The maximum Gasteiger partial charge on any atom is 0.253 e. The Labute approximate surface area is 194 Å². The average Bonchev–Trinajstić information content (AvgIpc) is 3.13. The van der Waals surface area contributed by atoms with E-state index in [9.17, 15) is 4.79 Å². The lowest BCUT2D eigenvalue weighted by Crippen LogP contribution is -2.55. The molecule has 8 heteroatoms. The number of fused-ring (bicyclic) bond motifs is 3. The summed E-state index contributed by atoms with van der Waals surface area (Å²) < 4.78 is 5.91. The Morgan fingerprint density at radius 3 is 2.52 bits per heavy atom. The van der Waals surface area contributed by atoms with E-state index in [1.54, 1.807) is 0 Å². The summed E-state index contributed by atoms with van der Waals surface area (Å²) in [5.74, 6) is 0.358. The van der Waals surface area contributed by atoms with Crippen molar-refractivity contribution in [3.63, 3.8) is 0 Å². The summed E-state index contributed by atoms with van der Waals surface area (Å²) >= 11 is 0. The number of nitrogen functional groups attached to an aromatic ring is 1. The Bertz CT molecular complexity index is 1060. The maximum atomic E-state index is 13.1. The number of nitrogens with two attached hydrogens (primary N) is 1. The molecule has 0 spiro atoms. The number of rotatable bonds is 3. The van der Waals surface area contributed by atoms with Gasteiger partial charge in [-0.2, -0.15) is 0 Å². The Morgan fingerprint density at radius 2 is 1.81 bits per heavy atom. The Kier molecular flexibility index (Phi) is 7.14. The Morgan fingerprint density at radius 1 is 1.10 bits per heavy atom. The number of amides is 1. The van der Waals surface area contributed by atoms with Crippen molar-refractivity contribution < 1.29 is 9.21 Å². The Balaban J connectivity index is 0.00000136. The summed E-state index contributed by atoms with van der Waals surface area (Å²) in [5.41, 5.74) is 9.13. The predicted octanol–water partition coefficient (Wildman–Crippen LogP) is 4.67. The molecular weight excluding hydrogens is 435 g/mol. The van der Waals surface area contributed by atoms with Gasteiger partial charge >= 0.3 is 0 Å². The van der Waals surface area contributed by atoms with Crippen LogP contribution in [0, 0.1) is 0 Å². The second kappa shape index (κ2) is 9.47. The largest absolute Gasteiger partial charge is 0.436 e. The van der Waals surface area contributed by atoms with Gasteiger partial charge in [0.2, 0.25) is 5.89 Å². The molecule has 0 radical (unpaired) electrons. The number of hydrogen-bond acceptors (Lipinski definition) is 5. The van der Waals surface area contributed by atoms with Crippen LogP contribution >= 0.6 is 24.8 Å². The monoisotopic (exact) mass is 462 g/mol. The molecule has 2 aliphatic rings. The van der Waals surface area contributed by atoms with Crippen LogP contribution in [-0.2, 0) is 0 Å². The molecule has 1 aromatic heterocycles. The number of carbonyl (C=O) groups is 1. The fourth-order valence-corrected chi connectivity index (χ4v) is 4.94. The van der Waals surface area contributed by atoms with Gasteiger partial charge < -0.3 is 20.4 Å². The van der Waals surface area contributed by atoms with Crippen molar-refractivity contribution in [3.8, 4) is 11.5 Å². The molecular formula is C23H28Cl2N4O2. The third-order valence-electron chi connectivity index (χ3n) is 6.53. The predicted molar refractivity (Wildman–Crippen MR) is 128 cm³/mol. The van der Waals surface area contributed by atoms with Crippen LogP contribution in [0.5, 0.6) is 0 Å². The maximum absolute atomic E-state index is 13.1. The molecule has 2 saturated heterocycles. The minimum Gasteiger partial charge on any atom is -0.436 e. The molecule has 3 heterocycles. The van der Waals surface area contributed by atoms with Gasteiger partial charge in [-0.15, -0.1) is 24.8 Å². The molecule has 2 unspecified atom stereocenters. The highest BCUT2D eigenvalue weighted by molar-refractivity contribution is 6.05. The van der Waals surface area contributed by atoms with E-state index >= 15 is 0 Å². The first kappa shape index (κ1) is 23.4. The van der Waals surface area contributed by atoms with Gasteiger partial charge in [0.1, 0.15) is 5.52 Å². The van der Waals surface area contributed by atoms with E-state index in [0.717, 1.165) is 18.4 Å². The fourth-order valence-electron chi connectivity index (χ4n) is 4.94. The van der Waals surface area contributed by atoms with Crippen LogP contribution in [0.1, 0.15) is 42.5 Å². The number of anilines is 1. The number of halogens is 2. The van der Waals surface area contributed by atoms with E-state index in [1.165, 1.54) is 19.3 Å². The lowest BCUT2D eigenvalue weighted by molar-refractivity contribution is 0.0463. The molecule has 2 bridgehead atoms. The second-order valence-corrected chi connectivity index (χ2v) is 8.30. The number of benzene rings is 2. The smallest absolute Gasteiger partial charge is 0.253 e. The molecule has 3 N–H and O–H groups in total. The van der Waals surface area contributed by atoms with Crippen LogP contribution in [0.25, 0.3) is 22.6 Å². The van der Waals surface area contributed by atoms with Crippen molar-refractivity contribution in [2.24, 2.45) is 0 Å². The van der Waals surface area contributed by atoms with Crippen LogP contribution in [-0.4, -0.2) is 41.0 Å². The second-order valence-electron chi connectivity index (χ2n) is 8.30. The number of carbonyl (C=O) groups excluding carboxylic acids is 1. The van der Waals surface area contributed by atoms with Crippen LogP contribution in [0.4, 0.5) is 5.69 Å². The molecule has 6 nitrogen and oxygen atoms in total. The van der Waals surface area contributed by atoms with Crippen molar-refractivity contribution in [3.05, 3.63) is 48.0 Å². The van der Waals surface area contributed by atoms with Crippen molar-refractivity contribution in [2.45, 2.75) is 50.2 Å². The van der Waals surface area contributed by atoms with Crippen LogP contribution in [0.2, 0.25) is 0 Å². The van der Waals surface area contributed by atoms with E-state index in [-0.39, 0.29) is 36.8 Å². The molecule has 166 valence electrons. The number of para-hydroxylation sites is 2. The van der Waals surface area contributed by atoms with Gasteiger partial charge in [0, 0.05) is 23.8 Å². The lowest BCUT2D eigenvalue weighted by Gasteiger charge is -2.47. The van der Waals surface area contributed by atoms with Gasteiger partial charge in [0.25, 0.3) is 5.91 Å². The standard InChI is InChI=1S/C23H26N4O2.2ClH/c1-27-15-6-4-7-16(27)13-14(12-15)25-22(28)18-9-5-11-20-21(18)26-23(29-20)17-8-2-3-10-19(17)24;;/h2-3,5,8-11,14-16H,4,6-7,12-13,24H2,1H3,(H,25,28);2*1H. The summed E-state index contributed by atoms with van der Waals surface area (Å²) in [6.07, 6.45) is 5.77. The molecule has 3 aromatic rings. The van der Waals surface area contributed by atoms with E-state index in [1.807, 2.05) is 42.5 Å². The number of nitrogens with one attached hydrogen (secondary N) is 1. The lowest BCUT2D eigenvalue weighted by atomic mass is 9.82. The molecule has 2 aliphatic heterocycles. The third-order valence-corrected chi connectivity index (χ3v) is 6.53. The van der Waals surface area contributed by atoms with Crippen LogP contribution in [0.3, 0.4) is 0 Å². The van der Waals surface area contributed by atoms with E-state index in [0.29, 0.717) is 40.3 Å². The van der Waals surface area contributed by atoms with Gasteiger partial charge in [-0.1, -0.05) is 24.6 Å². The highest BCUT2D eigenvalue weighted by atomic mass is 35.5. The Hall–Kier alpha value is -2.28. The first-order chi connectivity index (χ1) is 14.1. The zero-order valence-electron chi connectivity index (χ0n) is 17.4. The zero-order chi connectivity index (χ0) is 20.0. The van der Waals surface area contributed by atoms with Gasteiger partial charge in [0.15, 0.2) is 5.58 Å². The number of aromatic nitrogens is 1. The van der Waals surface area contributed by atoms with E-state index in [4.69, 9.17) is 10.2 Å².